The Morgan fingerprint density at radius 1 is 1.00 bits per heavy atom. The normalized spacial score (nSPS) is 13.3. The van der Waals surface area contributed by atoms with Crippen LogP contribution in [0.1, 0.15) is 46.1 Å². The molecule has 2 aromatic heterocycles. The van der Waals surface area contributed by atoms with Gasteiger partial charge in [0.05, 0.1) is 17.9 Å². The second-order valence-electron chi connectivity index (χ2n) is 7.63. The fourth-order valence-corrected chi connectivity index (χ4v) is 3.62. The van der Waals surface area contributed by atoms with Crippen LogP contribution in [0.5, 0.6) is 0 Å². The smallest absolute Gasteiger partial charge is 0.270 e. The van der Waals surface area contributed by atoms with Crippen LogP contribution in [-0.4, -0.2) is 25.5 Å². The largest absolute Gasteiger partial charge is 0.347 e. The van der Waals surface area contributed by atoms with Gasteiger partial charge in [-0.3, -0.25) is 9.48 Å². The lowest BCUT2D eigenvalue weighted by Gasteiger charge is -2.12. The fourth-order valence-electron chi connectivity index (χ4n) is 3.62. The maximum Gasteiger partial charge on any atom is 0.270 e. The zero-order valence-electron chi connectivity index (χ0n) is 16.6. The van der Waals surface area contributed by atoms with Gasteiger partial charge < -0.3 is 5.32 Å². The molecule has 1 saturated carbocycles. The molecule has 0 saturated heterocycles. The van der Waals surface area contributed by atoms with E-state index >= 15 is 0 Å². The first kappa shape index (κ1) is 18.4. The Kier molecular flexibility index (Phi) is 4.89. The lowest BCUT2D eigenvalue weighted by Crippen LogP contribution is -2.26. The summed E-state index contributed by atoms with van der Waals surface area (Å²) in [4.78, 5) is 13.1. The van der Waals surface area contributed by atoms with E-state index in [0.717, 1.165) is 35.3 Å². The average Bonchev–Trinajstić information content (AvgIpc) is 3.32. The van der Waals surface area contributed by atoms with Gasteiger partial charge in [0.15, 0.2) is 0 Å². The van der Waals surface area contributed by atoms with E-state index in [9.17, 15) is 4.79 Å². The van der Waals surface area contributed by atoms with Crippen molar-refractivity contribution in [3.8, 4) is 5.69 Å². The van der Waals surface area contributed by atoms with Gasteiger partial charge in [0.25, 0.3) is 5.91 Å². The van der Waals surface area contributed by atoms with Gasteiger partial charge in [0.1, 0.15) is 5.69 Å². The molecule has 1 aliphatic carbocycles. The van der Waals surface area contributed by atoms with Gasteiger partial charge in [-0.15, -0.1) is 0 Å². The monoisotopic (exact) mass is 397 g/mol. The molecule has 1 amide bonds. The number of hydrogen-bond donors (Lipinski definition) is 1. The summed E-state index contributed by atoms with van der Waals surface area (Å²) in [5, 5.41) is 12.1. The minimum absolute atomic E-state index is 0.118. The molecule has 1 aliphatic rings. The molecule has 5 rings (SSSR count). The molecule has 1 N–H and O–H groups in total. The third-order valence-corrected chi connectivity index (χ3v) is 5.41. The number of para-hydroxylation sites is 1. The summed E-state index contributed by atoms with van der Waals surface area (Å²) in [5.74, 6) is 0.364. The predicted molar refractivity (Wildman–Crippen MR) is 114 cm³/mol. The predicted octanol–water partition coefficient (Wildman–Crippen LogP) is 3.92. The van der Waals surface area contributed by atoms with Crippen molar-refractivity contribution in [2.24, 2.45) is 0 Å². The second kappa shape index (κ2) is 7.99. The van der Waals surface area contributed by atoms with Crippen molar-refractivity contribution >= 4 is 5.91 Å². The van der Waals surface area contributed by atoms with Crippen molar-refractivity contribution in [3.05, 3.63) is 102 Å². The van der Waals surface area contributed by atoms with Gasteiger partial charge in [-0.05, 0) is 48.2 Å². The maximum atomic E-state index is 13.1. The van der Waals surface area contributed by atoms with Gasteiger partial charge in [-0.25, -0.2) is 4.68 Å². The fraction of sp³-hybridized carbons (Fsp3) is 0.208. The van der Waals surface area contributed by atoms with Gasteiger partial charge in [0.2, 0.25) is 0 Å². The van der Waals surface area contributed by atoms with E-state index in [2.05, 4.69) is 16.5 Å². The quantitative estimate of drug-likeness (QED) is 0.514. The number of carbonyl (C=O) groups excluding carboxylic acids is 1. The van der Waals surface area contributed by atoms with E-state index < -0.39 is 0 Å². The highest BCUT2D eigenvalue weighted by atomic mass is 16.2. The van der Waals surface area contributed by atoms with Crippen molar-refractivity contribution in [2.45, 2.75) is 31.8 Å². The zero-order chi connectivity index (χ0) is 20.3. The molecule has 0 radical (unpaired) electrons. The molecule has 0 unspecified atom stereocenters. The Morgan fingerprint density at radius 2 is 1.77 bits per heavy atom. The Morgan fingerprint density at radius 3 is 2.50 bits per heavy atom. The minimum Gasteiger partial charge on any atom is -0.347 e. The van der Waals surface area contributed by atoms with Crippen molar-refractivity contribution in [1.29, 1.82) is 0 Å². The Labute approximate surface area is 175 Å². The van der Waals surface area contributed by atoms with Crippen molar-refractivity contribution in [2.75, 3.05) is 0 Å². The molecule has 6 heteroatoms. The van der Waals surface area contributed by atoms with Gasteiger partial charge in [0, 0.05) is 24.9 Å². The molecule has 4 aromatic rings. The summed E-state index contributed by atoms with van der Waals surface area (Å²) in [6.07, 6.45) is 6.00. The van der Waals surface area contributed by atoms with E-state index in [4.69, 9.17) is 5.10 Å². The Bertz CT molecular complexity index is 1140. The molecule has 6 nitrogen and oxygen atoms in total. The van der Waals surface area contributed by atoms with Crippen LogP contribution in [-0.2, 0) is 13.1 Å². The van der Waals surface area contributed by atoms with Crippen LogP contribution < -0.4 is 5.32 Å². The minimum atomic E-state index is -0.118. The van der Waals surface area contributed by atoms with Crippen LogP contribution in [0.2, 0.25) is 0 Å². The van der Waals surface area contributed by atoms with E-state index in [1.807, 2.05) is 71.5 Å². The lowest BCUT2D eigenvalue weighted by molar-refractivity contribution is 0.0943. The van der Waals surface area contributed by atoms with E-state index in [1.165, 1.54) is 0 Å². The molecule has 30 heavy (non-hydrogen) atoms. The van der Waals surface area contributed by atoms with Gasteiger partial charge in [-0.2, -0.15) is 10.2 Å². The summed E-state index contributed by atoms with van der Waals surface area (Å²) in [7, 11) is 0. The van der Waals surface area contributed by atoms with Gasteiger partial charge >= 0.3 is 0 Å². The molecule has 0 bridgehead atoms. The van der Waals surface area contributed by atoms with Crippen LogP contribution in [0.4, 0.5) is 0 Å². The summed E-state index contributed by atoms with van der Waals surface area (Å²) < 4.78 is 3.64. The number of carbonyl (C=O) groups is 1. The third-order valence-electron chi connectivity index (χ3n) is 5.41. The first-order chi connectivity index (χ1) is 14.8. The lowest BCUT2D eigenvalue weighted by atomic mass is 10.1. The SMILES string of the molecule is O=C(NCc1ccccc1Cn1cccn1)c1cc(C2CC2)nn1-c1ccccc1. The molecule has 0 atom stereocenters. The summed E-state index contributed by atoms with van der Waals surface area (Å²) in [6, 6.07) is 21.8. The molecule has 2 aromatic carbocycles. The van der Waals surface area contributed by atoms with E-state index in [0.29, 0.717) is 24.7 Å². The second-order valence-corrected chi connectivity index (χ2v) is 7.63. The number of benzene rings is 2. The number of nitrogens with zero attached hydrogens (tertiary/aromatic N) is 4. The van der Waals surface area contributed by atoms with Gasteiger partial charge in [-0.1, -0.05) is 42.5 Å². The first-order valence-corrected chi connectivity index (χ1v) is 10.3. The van der Waals surface area contributed by atoms with Crippen LogP contribution in [0, 0.1) is 0 Å². The summed E-state index contributed by atoms with van der Waals surface area (Å²) in [6.45, 7) is 1.13. The molecular formula is C24H23N5O. The molecule has 0 spiro atoms. The third kappa shape index (κ3) is 3.89. The summed E-state index contributed by atoms with van der Waals surface area (Å²) in [5.41, 5.74) is 4.69. The first-order valence-electron chi connectivity index (χ1n) is 10.3. The molecule has 1 fully saturated rings. The molecular weight excluding hydrogens is 374 g/mol. The van der Waals surface area contributed by atoms with Crippen LogP contribution in [0.15, 0.2) is 79.1 Å². The topological polar surface area (TPSA) is 64.7 Å². The van der Waals surface area contributed by atoms with Crippen molar-refractivity contribution < 1.29 is 4.79 Å². The highest BCUT2D eigenvalue weighted by Crippen LogP contribution is 2.39. The van der Waals surface area contributed by atoms with Crippen LogP contribution in [0.3, 0.4) is 0 Å². The van der Waals surface area contributed by atoms with Crippen molar-refractivity contribution in [1.82, 2.24) is 24.9 Å². The number of hydrogen-bond acceptors (Lipinski definition) is 3. The Hall–Kier alpha value is -3.67. The standard InChI is InChI=1S/C24H23N5O/c30-24(25-16-19-7-4-5-8-20(19)17-28-14-6-13-26-28)23-15-22(18-11-12-18)27-29(23)21-9-2-1-3-10-21/h1-10,13-15,18H,11-12,16-17H2,(H,25,30). The average molecular weight is 397 g/mol. The highest BCUT2D eigenvalue weighted by Gasteiger charge is 2.29. The van der Waals surface area contributed by atoms with Crippen LogP contribution in [0.25, 0.3) is 5.69 Å². The number of nitrogens with one attached hydrogen (secondary N) is 1. The van der Waals surface area contributed by atoms with E-state index in [1.54, 1.807) is 10.9 Å². The zero-order valence-corrected chi connectivity index (χ0v) is 16.6. The van der Waals surface area contributed by atoms with E-state index in [-0.39, 0.29) is 5.91 Å². The highest BCUT2D eigenvalue weighted by molar-refractivity contribution is 5.93. The maximum absolute atomic E-state index is 13.1. The number of amides is 1. The number of rotatable bonds is 7. The Balaban J connectivity index is 1.37. The molecule has 2 heterocycles. The molecule has 150 valence electrons. The van der Waals surface area contributed by atoms with Crippen LogP contribution >= 0.6 is 0 Å². The van der Waals surface area contributed by atoms with Crippen molar-refractivity contribution in [3.63, 3.8) is 0 Å². The number of aromatic nitrogens is 4. The summed E-state index contributed by atoms with van der Waals surface area (Å²) >= 11 is 0. The molecule has 0 aliphatic heterocycles.